The minimum absolute atomic E-state index is 0.897. The maximum Gasteiger partial charge on any atom is 0.00952 e. The topological polar surface area (TPSA) is 3.24 Å². The quantitative estimate of drug-likeness (QED) is 0.547. The van der Waals surface area contributed by atoms with Crippen LogP contribution < -0.4 is 0 Å². The molecular formula is C20H37N. The number of rotatable bonds is 0. The Bertz CT molecular complexity index is 300. The summed E-state index contributed by atoms with van der Waals surface area (Å²) in [6, 6.07) is 1.80. The molecule has 2 aliphatic carbocycles. The molecule has 0 spiro atoms. The first-order chi connectivity index (χ1) is 10.3. The van der Waals surface area contributed by atoms with Crippen molar-refractivity contribution >= 4 is 0 Å². The highest BCUT2D eigenvalue weighted by molar-refractivity contribution is 4.85. The second-order valence-corrected chi connectivity index (χ2v) is 8.28. The van der Waals surface area contributed by atoms with Crippen molar-refractivity contribution in [1.82, 2.24) is 4.90 Å². The zero-order valence-electron chi connectivity index (χ0n) is 14.4. The molecule has 3 aliphatic rings. The Morgan fingerprint density at radius 3 is 1.43 bits per heavy atom. The van der Waals surface area contributed by atoms with Crippen molar-refractivity contribution in [2.45, 2.75) is 108 Å². The van der Waals surface area contributed by atoms with E-state index >= 15 is 0 Å². The van der Waals surface area contributed by atoms with E-state index in [4.69, 9.17) is 0 Å². The maximum atomic E-state index is 2.84. The average Bonchev–Trinajstić information content (AvgIpc) is 2.66. The molecule has 0 radical (unpaired) electrons. The van der Waals surface area contributed by atoms with Gasteiger partial charge in [0.05, 0.1) is 0 Å². The molecule has 0 N–H and O–H groups in total. The lowest BCUT2D eigenvalue weighted by Gasteiger charge is -2.35. The molecule has 0 amide bonds. The van der Waals surface area contributed by atoms with Crippen LogP contribution in [0.1, 0.15) is 96.3 Å². The molecule has 4 atom stereocenters. The molecule has 0 aromatic rings. The molecule has 21 heavy (non-hydrogen) atoms. The smallest absolute Gasteiger partial charge is 0.00952 e. The molecule has 0 aromatic carbocycles. The van der Waals surface area contributed by atoms with Crippen LogP contribution in [0.4, 0.5) is 0 Å². The van der Waals surface area contributed by atoms with Gasteiger partial charge >= 0.3 is 0 Å². The molecular weight excluding hydrogens is 254 g/mol. The molecule has 1 nitrogen and oxygen atoms in total. The van der Waals surface area contributed by atoms with Gasteiger partial charge in [0.25, 0.3) is 0 Å². The summed E-state index contributed by atoms with van der Waals surface area (Å²) in [4.78, 5) is 2.84. The van der Waals surface area contributed by atoms with E-state index in [9.17, 15) is 0 Å². The van der Waals surface area contributed by atoms with Gasteiger partial charge in [-0.2, -0.15) is 0 Å². The summed E-state index contributed by atoms with van der Waals surface area (Å²) in [7, 11) is 2.47. The van der Waals surface area contributed by atoms with Gasteiger partial charge < -0.3 is 4.90 Å². The SMILES string of the molecule is CN1C2CCCCCCC(CC2)C2CCCCCC1CC2. The van der Waals surface area contributed by atoms with Gasteiger partial charge in [0.2, 0.25) is 0 Å². The molecule has 0 aromatic heterocycles. The summed E-state index contributed by atoms with van der Waals surface area (Å²) in [5.41, 5.74) is 0. The van der Waals surface area contributed by atoms with Crippen LogP contribution in [0.25, 0.3) is 0 Å². The van der Waals surface area contributed by atoms with E-state index in [0.29, 0.717) is 0 Å². The highest BCUT2D eigenvalue weighted by Gasteiger charge is 2.31. The summed E-state index contributed by atoms with van der Waals surface area (Å²) in [5.74, 6) is 2.13. The number of nitrogens with zero attached hydrogens (tertiary/aromatic N) is 1. The largest absolute Gasteiger partial charge is 0.300 e. The van der Waals surface area contributed by atoms with Crippen LogP contribution in [0.5, 0.6) is 0 Å². The second kappa shape index (κ2) is 7.99. The van der Waals surface area contributed by atoms with Crippen molar-refractivity contribution < 1.29 is 0 Å². The molecule has 3 fully saturated rings. The van der Waals surface area contributed by atoms with Gasteiger partial charge in [0.1, 0.15) is 0 Å². The molecule has 4 unspecified atom stereocenters. The van der Waals surface area contributed by atoms with E-state index in [0.717, 1.165) is 23.9 Å². The van der Waals surface area contributed by atoms with Crippen LogP contribution in [-0.4, -0.2) is 24.0 Å². The summed E-state index contributed by atoms with van der Waals surface area (Å²) in [6.07, 6.45) is 22.6. The van der Waals surface area contributed by atoms with Crippen molar-refractivity contribution in [3.63, 3.8) is 0 Å². The molecule has 1 aliphatic heterocycles. The fourth-order valence-electron chi connectivity index (χ4n) is 5.55. The first-order valence-corrected chi connectivity index (χ1v) is 10.1. The van der Waals surface area contributed by atoms with Crippen molar-refractivity contribution in [1.29, 1.82) is 0 Å². The van der Waals surface area contributed by atoms with E-state index in [2.05, 4.69) is 11.9 Å². The first-order valence-electron chi connectivity index (χ1n) is 10.1. The van der Waals surface area contributed by atoms with Crippen LogP contribution >= 0.6 is 0 Å². The minimum atomic E-state index is 0.897. The maximum absolute atomic E-state index is 2.84. The molecule has 1 heteroatoms. The Morgan fingerprint density at radius 1 is 0.476 bits per heavy atom. The Hall–Kier alpha value is -0.0400. The number of hydrogen-bond donors (Lipinski definition) is 0. The lowest BCUT2D eigenvalue weighted by atomic mass is 9.78. The Kier molecular flexibility index (Phi) is 6.03. The molecule has 1 heterocycles. The van der Waals surface area contributed by atoms with Gasteiger partial charge in [-0.05, 0) is 57.4 Å². The van der Waals surface area contributed by atoms with Crippen LogP contribution in [-0.2, 0) is 0 Å². The Labute approximate surface area is 132 Å². The molecule has 4 bridgehead atoms. The zero-order chi connectivity index (χ0) is 14.5. The van der Waals surface area contributed by atoms with Crippen molar-refractivity contribution in [2.24, 2.45) is 11.8 Å². The monoisotopic (exact) mass is 291 g/mol. The van der Waals surface area contributed by atoms with E-state index in [1.807, 2.05) is 0 Å². The van der Waals surface area contributed by atoms with Gasteiger partial charge in [-0.25, -0.2) is 0 Å². The third-order valence-corrected chi connectivity index (χ3v) is 7.03. The van der Waals surface area contributed by atoms with Crippen LogP contribution in [0.15, 0.2) is 0 Å². The van der Waals surface area contributed by atoms with Gasteiger partial charge in [-0.1, -0.05) is 57.8 Å². The van der Waals surface area contributed by atoms with Gasteiger partial charge in [0.15, 0.2) is 0 Å². The van der Waals surface area contributed by atoms with E-state index < -0.39 is 0 Å². The standard InChI is InChI=1S/C20H37N/c1-21-19-11-7-3-2-5-9-17(13-15-19)18-10-6-4-8-12-20(21)16-14-18/h17-20H,2-16H2,1H3. The van der Waals surface area contributed by atoms with Crippen LogP contribution in [0.2, 0.25) is 0 Å². The fourth-order valence-corrected chi connectivity index (χ4v) is 5.55. The number of fused-ring (bicyclic) bond motifs is 7. The average molecular weight is 292 g/mol. The Balaban J connectivity index is 1.81. The van der Waals surface area contributed by atoms with Gasteiger partial charge in [-0.3, -0.25) is 0 Å². The summed E-state index contributed by atoms with van der Waals surface area (Å²) >= 11 is 0. The van der Waals surface area contributed by atoms with E-state index in [1.54, 1.807) is 12.8 Å². The summed E-state index contributed by atoms with van der Waals surface area (Å²) in [5, 5.41) is 0. The third kappa shape index (κ3) is 4.24. The summed E-state index contributed by atoms with van der Waals surface area (Å²) in [6.45, 7) is 0. The molecule has 3 rings (SSSR count). The minimum Gasteiger partial charge on any atom is -0.300 e. The molecule has 122 valence electrons. The van der Waals surface area contributed by atoms with Crippen LogP contribution in [0, 0.1) is 11.8 Å². The lowest BCUT2D eigenvalue weighted by Crippen LogP contribution is -2.40. The normalized spacial score (nSPS) is 40.4. The van der Waals surface area contributed by atoms with Gasteiger partial charge in [-0.15, -0.1) is 0 Å². The highest BCUT2D eigenvalue weighted by atomic mass is 15.2. The third-order valence-electron chi connectivity index (χ3n) is 7.03. The molecule has 1 saturated heterocycles. The lowest BCUT2D eigenvalue weighted by molar-refractivity contribution is 0.135. The predicted molar refractivity (Wildman–Crippen MR) is 91.6 cm³/mol. The van der Waals surface area contributed by atoms with E-state index in [-0.39, 0.29) is 0 Å². The molecule has 2 saturated carbocycles. The fraction of sp³-hybridized carbons (Fsp3) is 1.00. The first kappa shape index (κ1) is 15.8. The van der Waals surface area contributed by atoms with Crippen molar-refractivity contribution in [3.05, 3.63) is 0 Å². The number of hydrogen-bond acceptors (Lipinski definition) is 1. The van der Waals surface area contributed by atoms with Crippen LogP contribution in [0.3, 0.4) is 0 Å². The predicted octanol–water partition coefficient (Wildman–Crippen LogP) is 5.78. The van der Waals surface area contributed by atoms with Crippen molar-refractivity contribution in [3.8, 4) is 0 Å². The van der Waals surface area contributed by atoms with Crippen molar-refractivity contribution in [2.75, 3.05) is 7.05 Å². The summed E-state index contributed by atoms with van der Waals surface area (Å²) < 4.78 is 0. The highest BCUT2D eigenvalue weighted by Crippen LogP contribution is 2.38. The van der Waals surface area contributed by atoms with E-state index in [1.165, 1.54) is 83.5 Å². The zero-order valence-corrected chi connectivity index (χ0v) is 14.4. The second-order valence-electron chi connectivity index (χ2n) is 8.28. The Morgan fingerprint density at radius 2 is 0.905 bits per heavy atom. The van der Waals surface area contributed by atoms with Gasteiger partial charge in [0, 0.05) is 12.1 Å².